The monoisotopic (exact) mass is 266 g/mol. The van der Waals surface area contributed by atoms with Gasteiger partial charge in [0.05, 0.1) is 22.8 Å². The fourth-order valence-corrected chi connectivity index (χ4v) is 2.35. The lowest BCUT2D eigenvalue weighted by molar-refractivity contribution is 0.557. The summed E-state index contributed by atoms with van der Waals surface area (Å²) in [7, 11) is -1.05. The van der Waals surface area contributed by atoms with E-state index in [1.54, 1.807) is 35.9 Å². The molecule has 1 aromatic carbocycles. The molecule has 17 heavy (non-hydrogen) atoms. The van der Waals surface area contributed by atoms with Gasteiger partial charge in [0.1, 0.15) is 5.76 Å². The summed E-state index contributed by atoms with van der Waals surface area (Å²) in [4.78, 5) is 0. The summed E-state index contributed by atoms with van der Waals surface area (Å²) in [6, 6.07) is 11.0. The van der Waals surface area contributed by atoms with Crippen molar-refractivity contribution < 1.29 is 8.63 Å². The van der Waals surface area contributed by atoms with Crippen molar-refractivity contribution in [1.29, 1.82) is 0 Å². The second-order valence-corrected chi connectivity index (χ2v) is 5.23. The zero-order valence-electron chi connectivity index (χ0n) is 9.01. The second kappa shape index (κ2) is 5.84. The average molecular weight is 267 g/mol. The maximum Gasteiger partial charge on any atom is 0.127 e. The van der Waals surface area contributed by atoms with Crippen molar-refractivity contribution >= 4 is 28.5 Å². The predicted octanol–water partition coefficient (Wildman–Crippen LogP) is 3.85. The lowest BCUT2D eigenvalue weighted by Crippen LogP contribution is -1.90. The van der Waals surface area contributed by atoms with Gasteiger partial charge < -0.3 is 4.42 Å². The fourth-order valence-electron chi connectivity index (χ4n) is 1.32. The van der Waals surface area contributed by atoms with Gasteiger partial charge in [-0.3, -0.25) is 4.21 Å². The molecule has 2 nitrogen and oxygen atoms in total. The standard InChI is InChI=1S/C13H11ClO2S/c14-12-5-3-11(4-6-12)10-17(15)9-7-13-2-1-8-16-13/h1-9H,10H2/b9-7+. The molecule has 1 heterocycles. The molecule has 0 spiro atoms. The first-order valence-corrected chi connectivity index (χ1v) is 6.83. The van der Waals surface area contributed by atoms with Crippen LogP contribution in [0.5, 0.6) is 0 Å². The lowest BCUT2D eigenvalue weighted by atomic mass is 10.2. The lowest BCUT2D eigenvalue weighted by Gasteiger charge is -1.98. The third-order valence-corrected chi connectivity index (χ3v) is 3.46. The van der Waals surface area contributed by atoms with Gasteiger partial charge in [-0.2, -0.15) is 0 Å². The van der Waals surface area contributed by atoms with E-state index in [9.17, 15) is 4.21 Å². The van der Waals surface area contributed by atoms with E-state index in [1.165, 1.54) is 0 Å². The largest absolute Gasteiger partial charge is 0.465 e. The highest BCUT2D eigenvalue weighted by Gasteiger charge is 1.98. The molecule has 0 saturated carbocycles. The summed E-state index contributed by atoms with van der Waals surface area (Å²) >= 11 is 5.77. The van der Waals surface area contributed by atoms with Crippen molar-refractivity contribution in [2.75, 3.05) is 0 Å². The van der Waals surface area contributed by atoms with Crippen LogP contribution in [0.3, 0.4) is 0 Å². The van der Waals surface area contributed by atoms with Gasteiger partial charge in [-0.1, -0.05) is 23.7 Å². The molecule has 2 rings (SSSR count). The highest BCUT2D eigenvalue weighted by molar-refractivity contribution is 7.87. The van der Waals surface area contributed by atoms with Crippen LogP contribution in [0.15, 0.2) is 52.5 Å². The van der Waals surface area contributed by atoms with Gasteiger partial charge in [0.2, 0.25) is 0 Å². The van der Waals surface area contributed by atoms with Crippen LogP contribution in [-0.2, 0) is 16.6 Å². The summed E-state index contributed by atoms with van der Waals surface area (Å²) in [6.45, 7) is 0. The van der Waals surface area contributed by atoms with Crippen LogP contribution in [0.2, 0.25) is 5.02 Å². The Morgan fingerprint density at radius 2 is 2.00 bits per heavy atom. The Balaban J connectivity index is 1.95. The zero-order valence-corrected chi connectivity index (χ0v) is 10.6. The molecule has 0 fully saturated rings. The summed E-state index contributed by atoms with van der Waals surface area (Å²) in [5.74, 6) is 1.18. The zero-order chi connectivity index (χ0) is 12.1. The number of rotatable bonds is 4. The number of hydrogen-bond donors (Lipinski definition) is 0. The predicted molar refractivity (Wildman–Crippen MR) is 71.0 cm³/mol. The van der Waals surface area contributed by atoms with Crippen molar-refractivity contribution in [1.82, 2.24) is 0 Å². The first kappa shape index (κ1) is 12.1. The van der Waals surface area contributed by atoms with Crippen LogP contribution < -0.4 is 0 Å². The molecule has 2 aromatic rings. The molecule has 0 N–H and O–H groups in total. The molecule has 0 radical (unpaired) electrons. The molecule has 0 aliphatic carbocycles. The van der Waals surface area contributed by atoms with Crippen molar-refractivity contribution in [3.63, 3.8) is 0 Å². The fraction of sp³-hybridized carbons (Fsp3) is 0.0769. The smallest absolute Gasteiger partial charge is 0.127 e. The Labute approximate surface area is 107 Å². The molecule has 0 aliphatic rings. The quantitative estimate of drug-likeness (QED) is 0.841. The normalized spacial score (nSPS) is 13.0. The van der Waals surface area contributed by atoms with Gasteiger partial charge in [-0.05, 0) is 35.9 Å². The Bertz CT molecular complexity index is 515. The number of benzene rings is 1. The van der Waals surface area contributed by atoms with Gasteiger partial charge in [0.15, 0.2) is 0 Å². The van der Waals surface area contributed by atoms with E-state index < -0.39 is 10.8 Å². The minimum atomic E-state index is -1.05. The third kappa shape index (κ3) is 3.88. The first-order chi connectivity index (χ1) is 8.24. The van der Waals surface area contributed by atoms with Crippen molar-refractivity contribution in [3.8, 4) is 0 Å². The maximum absolute atomic E-state index is 11.7. The van der Waals surface area contributed by atoms with Crippen LogP contribution in [-0.4, -0.2) is 4.21 Å². The van der Waals surface area contributed by atoms with E-state index in [0.29, 0.717) is 16.5 Å². The van der Waals surface area contributed by atoms with Crippen molar-refractivity contribution in [2.24, 2.45) is 0 Å². The number of furan rings is 1. The molecule has 0 amide bonds. The van der Waals surface area contributed by atoms with Gasteiger partial charge in [0, 0.05) is 10.4 Å². The minimum Gasteiger partial charge on any atom is -0.465 e. The topological polar surface area (TPSA) is 30.2 Å². The molecule has 1 aromatic heterocycles. The number of halogens is 1. The average Bonchev–Trinajstić information content (AvgIpc) is 2.83. The van der Waals surface area contributed by atoms with E-state index >= 15 is 0 Å². The molecule has 1 unspecified atom stereocenters. The highest BCUT2D eigenvalue weighted by atomic mass is 35.5. The van der Waals surface area contributed by atoms with Crippen LogP contribution in [0, 0.1) is 0 Å². The Kier molecular flexibility index (Phi) is 4.18. The first-order valence-electron chi connectivity index (χ1n) is 5.07. The van der Waals surface area contributed by atoms with E-state index in [2.05, 4.69) is 0 Å². The van der Waals surface area contributed by atoms with Gasteiger partial charge in [-0.15, -0.1) is 0 Å². The molecular formula is C13H11ClO2S. The minimum absolute atomic E-state index is 0.481. The van der Waals surface area contributed by atoms with Crippen LogP contribution in [0.4, 0.5) is 0 Å². The van der Waals surface area contributed by atoms with Crippen molar-refractivity contribution in [3.05, 3.63) is 64.4 Å². The van der Waals surface area contributed by atoms with E-state index in [4.69, 9.17) is 16.0 Å². The van der Waals surface area contributed by atoms with Gasteiger partial charge in [0.25, 0.3) is 0 Å². The third-order valence-electron chi connectivity index (χ3n) is 2.15. The molecule has 4 heteroatoms. The summed E-state index contributed by atoms with van der Waals surface area (Å²) in [5, 5.41) is 2.32. The van der Waals surface area contributed by atoms with E-state index in [-0.39, 0.29) is 0 Å². The van der Waals surface area contributed by atoms with Gasteiger partial charge in [-0.25, -0.2) is 0 Å². The molecule has 0 saturated heterocycles. The Morgan fingerprint density at radius 1 is 1.24 bits per heavy atom. The van der Waals surface area contributed by atoms with Crippen molar-refractivity contribution in [2.45, 2.75) is 5.75 Å². The molecule has 1 atom stereocenters. The van der Waals surface area contributed by atoms with Crippen LogP contribution in [0.25, 0.3) is 6.08 Å². The summed E-state index contributed by atoms with van der Waals surface area (Å²) in [6.07, 6.45) is 3.30. The molecule has 0 bridgehead atoms. The van der Waals surface area contributed by atoms with Crippen LogP contribution >= 0.6 is 11.6 Å². The second-order valence-electron chi connectivity index (χ2n) is 3.47. The van der Waals surface area contributed by atoms with Gasteiger partial charge >= 0.3 is 0 Å². The molecule has 0 aliphatic heterocycles. The summed E-state index contributed by atoms with van der Waals surface area (Å²) < 4.78 is 16.9. The Hall–Kier alpha value is -1.32. The highest BCUT2D eigenvalue weighted by Crippen LogP contribution is 2.12. The maximum atomic E-state index is 11.7. The van der Waals surface area contributed by atoms with Crippen LogP contribution in [0.1, 0.15) is 11.3 Å². The summed E-state index contributed by atoms with van der Waals surface area (Å²) in [5.41, 5.74) is 0.997. The molecular weight excluding hydrogens is 256 g/mol. The number of hydrogen-bond acceptors (Lipinski definition) is 2. The molecule has 88 valence electrons. The van der Waals surface area contributed by atoms with E-state index in [1.807, 2.05) is 18.2 Å². The SMILES string of the molecule is O=S(/C=C/c1ccco1)Cc1ccc(Cl)cc1. The Morgan fingerprint density at radius 3 is 2.65 bits per heavy atom. The van der Waals surface area contributed by atoms with E-state index in [0.717, 1.165) is 5.56 Å².